The molecule has 1 aromatic carbocycles. The molecule has 2 heterocycles. The van der Waals surface area contributed by atoms with E-state index >= 15 is 0 Å². The molecule has 1 fully saturated rings. The maximum Gasteiger partial charge on any atom is 0.170 e. The summed E-state index contributed by atoms with van der Waals surface area (Å²) in [6.07, 6.45) is 6.27. The van der Waals surface area contributed by atoms with E-state index in [9.17, 15) is 0 Å². The van der Waals surface area contributed by atoms with Gasteiger partial charge in [-0.1, -0.05) is 44.6 Å². The summed E-state index contributed by atoms with van der Waals surface area (Å²) in [7, 11) is 0.427. The van der Waals surface area contributed by atoms with Gasteiger partial charge in [0, 0.05) is 32.4 Å². The summed E-state index contributed by atoms with van der Waals surface area (Å²) in [5, 5.41) is 18.3. The van der Waals surface area contributed by atoms with Gasteiger partial charge in [0.05, 0.1) is 23.2 Å². The fourth-order valence-electron chi connectivity index (χ4n) is 4.28. The van der Waals surface area contributed by atoms with Crippen LogP contribution in [0.4, 0.5) is 5.82 Å². The third kappa shape index (κ3) is 7.40. The normalized spacial score (nSPS) is 14.2. The minimum atomic E-state index is -1.23. The van der Waals surface area contributed by atoms with E-state index in [0.717, 1.165) is 46.8 Å². The van der Waals surface area contributed by atoms with Gasteiger partial charge in [-0.05, 0) is 66.5 Å². The summed E-state index contributed by atoms with van der Waals surface area (Å²) < 4.78 is 11.3. The van der Waals surface area contributed by atoms with Gasteiger partial charge in [0.1, 0.15) is 18.3 Å². The van der Waals surface area contributed by atoms with Crippen molar-refractivity contribution >= 4 is 46.9 Å². The molecule has 0 amide bonds. The molecule has 4 rings (SSSR count). The van der Waals surface area contributed by atoms with E-state index in [2.05, 4.69) is 24.6 Å². The second-order valence-corrected chi connectivity index (χ2v) is 17.3. The van der Waals surface area contributed by atoms with Crippen LogP contribution in [-0.2, 0) is 4.74 Å². The van der Waals surface area contributed by atoms with Crippen molar-refractivity contribution in [2.75, 3.05) is 25.3 Å². The van der Waals surface area contributed by atoms with Crippen LogP contribution in [0.2, 0.25) is 25.7 Å². The number of ether oxygens (including phenoxy) is 2. The number of nitrogens with one attached hydrogen (secondary N) is 2. The van der Waals surface area contributed by atoms with Crippen molar-refractivity contribution in [2.24, 2.45) is 5.92 Å². The zero-order valence-corrected chi connectivity index (χ0v) is 24.0. The van der Waals surface area contributed by atoms with Gasteiger partial charge in [-0.3, -0.25) is 20.7 Å². The molecule has 0 spiro atoms. The molecular formula is C28H37N5O2SSi. The van der Waals surface area contributed by atoms with Gasteiger partial charge in [0.2, 0.25) is 0 Å². The van der Waals surface area contributed by atoms with Crippen LogP contribution in [0.1, 0.15) is 25.7 Å². The summed E-state index contributed by atoms with van der Waals surface area (Å²) >= 11 is 1.23. The minimum absolute atomic E-state index is 0.234. The predicted molar refractivity (Wildman–Crippen MR) is 158 cm³/mol. The molecule has 0 aliphatic heterocycles. The van der Waals surface area contributed by atoms with Crippen molar-refractivity contribution in [2.45, 2.75) is 51.4 Å². The van der Waals surface area contributed by atoms with Crippen molar-refractivity contribution in [1.29, 1.82) is 10.8 Å². The largest absolute Gasteiger partial charge is 0.497 e. The van der Waals surface area contributed by atoms with Gasteiger partial charge in [-0.2, -0.15) is 0 Å². The number of pyridine rings is 2. The first-order valence-electron chi connectivity index (χ1n) is 12.8. The SMILES string of the molecule is COc1ccc(-c2cnc3ccc(N(COCC[Si](C)(C)C)C(=N)SC(=N)C4CCCC4)nc3c2)cc1. The van der Waals surface area contributed by atoms with Crippen LogP contribution in [0.15, 0.2) is 48.7 Å². The fourth-order valence-corrected chi connectivity index (χ4v) is 5.90. The molecule has 3 aromatic rings. The number of rotatable bonds is 9. The average molecular weight is 536 g/mol. The van der Waals surface area contributed by atoms with Gasteiger partial charge in [-0.15, -0.1) is 0 Å². The number of aromatic nitrogens is 2. The van der Waals surface area contributed by atoms with Crippen molar-refractivity contribution in [3.63, 3.8) is 0 Å². The van der Waals surface area contributed by atoms with Crippen LogP contribution in [-0.4, -0.2) is 48.7 Å². The Balaban J connectivity index is 1.58. The molecule has 0 bridgehead atoms. The van der Waals surface area contributed by atoms with Crippen LogP contribution in [0, 0.1) is 16.7 Å². The summed E-state index contributed by atoms with van der Waals surface area (Å²) in [6, 6.07) is 14.8. The molecule has 1 aliphatic carbocycles. The van der Waals surface area contributed by atoms with Crippen LogP contribution >= 0.6 is 11.8 Å². The lowest BCUT2D eigenvalue weighted by Gasteiger charge is -2.25. The Labute approximate surface area is 225 Å². The first kappa shape index (κ1) is 27.3. The molecule has 2 N–H and O–H groups in total. The van der Waals surface area contributed by atoms with Gasteiger partial charge in [-0.25, -0.2) is 4.98 Å². The van der Waals surface area contributed by atoms with Gasteiger partial charge in [0.15, 0.2) is 5.17 Å². The number of anilines is 1. The summed E-state index contributed by atoms with van der Waals surface area (Å²) in [6.45, 7) is 7.87. The van der Waals surface area contributed by atoms with E-state index in [4.69, 9.17) is 25.3 Å². The molecule has 2 aromatic heterocycles. The highest BCUT2D eigenvalue weighted by molar-refractivity contribution is 8.26. The Hall–Kier alpha value is -2.75. The van der Waals surface area contributed by atoms with Crippen LogP contribution in [0.25, 0.3) is 22.2 Å². The molecule has 1 saturated carbocycles. The smallest absolute Gasteiger partial charge is 0.170 e. The van der Waals surface area contributed by atoms with Gasteiger partial charge >= 0.3 is 0 Å². The van der Waals surface area contributed by atoms with E-state index in [1.807, 2.05) is 48.7 Å². The standard InChI is InChI=1S/C28H37N5O2SSi/c1-34-23-11-9-20(10-12-23)22-17-25-24(31-18-22)13-14-26(32-25)33(19-35-15-16-37(2,3)4)28(30)36-27(29)21-7-5-6-8-21/h9-14,17-18,21,29-30H,5-8,15-16,19H2,1-4H3. The molecule has 7 nitrogen and oxygen atoms in total. The molecule has 37 heavy (non-hydrogen) atoms. The van der Waals surface area contributed by atoms with Crippen molar-refractivity contribution < 1.29 is 9.47 Å². The van der Waals surface area contributed by atoms with Gasteiger partial charge < -0.3 is 9.47 Å². The molecule has 1 aliphatic rings. The molecule has 9 heteroatoms. The van der Waals surface area contributed by atoms with E-state index in [-0.39, 0.29) is 17.8 Å². The number of nitrogens with zero attached hydrogens (tertiary/aromatic N) is 3. The van der Waals surface area contributed by atoms with Crippen molar-refractivity contribution in [3.8, 4) is 16.9 Å². The maximum atomic E-state index is 8.87. The lowest BCUT2D eigenvalue weighted by atomic mass is 10.1. The van der Waals surface area contributed by atoms with Crippen molar-refractivity contribution in [1.82, 2.24) is 9.97 Å². The number of hydrogen-bond donors (Lipinski definition) is 2. The Morgan fingerprint density at radius 1 is 1.03 bits per heavy atom. The number of methoxy groups -OCH3 is 1. The highest BCUT2D eigenvalue weighted by Crippen LogP contribution is 2.31. The Bertz CT molecular complexity index is 1240. The Morgan fingerprint density at radius 2 is 1.76 bits per heavy atom. The van der Waals surface area contributed by atoms with E-state index < -0.39 is 8.07 Å². The van der Waals surface area contributed by atoms with Crippen LogP contribution < -0.4 is 9.64 Å². The summed E-state index contributed by atoms with van der Waals surface area (Å²) in [4.78, 5) is 11.3. The highest BCUT2D eigenvalue weighted by Gasteiger charge is 2.24. The summed E-state index contributed by atoms with van der Waals surface area (Å²) in [5.41, 5.74) is 3.53. The van der Waals surface area contributed by atoms with E-state index in [1.54, 1.807) is 12.0 Å². The quantitative estimate of drug-likeness (QED) is 0.0984. The van der Waals surface area contributed by atoms with Crippen molar-refractivity contribution in [3.05, 3.63) is 48.7 Å². The zero-order valence-electron chi connectivity index (χ0n) is 22.2. The Kier molecular flexibility index (Phi) is 8.99. The number of hydrogen-bond acceptors (Lipinski definition) is 7. The van der Waals surface area contributed by atoms with Crippen LogP contribution in [0.3, 0.4) is 0 Å². The third-order valence-corrected chi connectivity index (χ3v) is 9.29. The molecule has 0 saturated heterocycles. The lowest BCUT2D eigenvalue weighted by Crippen LogP contribution is -2.33. The van der Waals surface area contributed by atoms with Crippen LogP contribution in [0.5, 0.6) is 5.75 Å². The zero-order chi connectivity index (χ0) is 26.4. The molecular weight excluding hydrogens is 498 g/mol. The second kappa shape index (κ2) is 12.2. The van der Waals surface area contributed by atoms with E-state index in [0.29, 0.717) is 17.5 Å². The minimum Gasteiger partial charge on any atom is -0.497 e. The number of thioether (sulfide) groups is 1. The summed E-state index contributed by atoms with van der Waals surface area (Å²) in [5.74, 6) is 1.70. The van der Waals surface area contributed by atoms with Gasteiger partial charge in [0.25, 0.3) is 0 Å². The molecule has 0 radical (unpaired) electrons. The number of fused-ring (bicyclic) bond motifs is 1. The fraction of sp³-hybridized carbons (Fsp3) is 0.429. The number of amidine groups is 1. The molecule has 0 atom stereocenters. The number of benzene rings is 1. The Morgan fingerprint density at radius 3 is 2.43 bits per heavy atom. The third-order valence-electron chi connectivity index (χ3n) is 6.62. The monoisotopic (exact) mass is 535 g/mol. The maximum absolute atomic E-state index is 8.87. The molecule has 196 valence electrons. The second-order valence-electron chi connectivity index (χ2n) is 10.7. The first-order chi connectivity index (χ1) is 17.7. The predicted octanol–water partition coefficient (Wildman–Crippen LogP) is 7.26. The topological polar surface area (TPSA) is 95.2 Å². The first-order valence-corrected chi connectivity index (χ1v) is 17.4. The average Bonchev–Trinajstić information content (AvgIpc) is 3.43. The highest BCUT2D eigenvalue weighted by atomic mass is 32.2. The lowest BCUT2D eigenvalue weighted by molar-refractivity contribution is 0.155. The van der Waals surface area contributed by atoms with E-state index in [1.165, 1.54) is 24.6 Å². The molecule has 0 unspecified atom stereocenters.